The lowest BCUT2D eigenvalue weighted by molar-refractivity contribution is -0.133. The number of halogens is 2. The molecular weight excluding hydrogens is 331 g/mol. The Balaban J connectivity index is 1.84. The summed E-state index contributed by atoms with van der Waals surface area (Å²) in [6.07, 6.45) is 0.981. The van der Waals surface area contributed by atoms with Gasteiger partial charge in [0.15, 0.2) is 0 Å². The van der Waals surface area contributed by atoms with E-state index < -0.39 is 0 Å². The molecule has 0 unspecified atom stereocenters. The number of nitrogens with two attached hydrogens (primary N) is 1. The predicted octanol–water partition coefficient (Wildman–Crippen LogP) is 4.26. The maximum absolute atomic E-state index is 12.8. The van der Waals surface area contributed by atoms with Crippen LogP contribution in [0.4, 0.5) is 5.69 Å². The standard InChI is InChI=1S/C18H18Cl2N2O/c1-11-12-4-2-7-17(21)13(12)8-9-22(11)18(23)10-14-15(19)5-3-6-16(14)20/h2-7,11H,8-10,21H2,1H3/t11-/m0/s1. The first-order valence-corrected chi connectivity index (χ1v) is 8.34. The Labute approximate surface area is 146 Å². The lowest BCUT2D eigenvalue weighted by Gasteiger charge is -2.36. The average molecular weight is 349 g/mol. The molecule has 0 aromatic heterocycles. The fourth-order valence-electron chi connectivity index (χ4n) is 3.19. The van der Waals surface area contributed by atoms with Gasteiger partial charge >= 0.3 is 0 Å². The van der Waals surface area contributed by atoms with Crippen LogP contribution in [0.1, 0.15) is 29.7 Å². The van der Waals surface area contributed by atoms with Crippen molar-refractivity contribution >= 4 is 34.8 Å². The van der Waals surface area contributed by atoms with Crippen molar-refractivity contribution in [3.63, 3.8) is 0 Å². The van der Waals surface area contributed by atoms with Crippen LogP contribution in [0, 0.1) is 0 Å². The lowest BCUT2D eigenvalue weighted by Crippen LogP contribution is -2.40. The van der Waals surface area contributed by atoms with Gasteiger partial charge in [-0.25, -0.2) is 0 Å². The molecule has 5 heteroatoms. The fourth-order valence-corrected chi connectivity index (χ4v) is 3.72. The molecule has 1 aliphatic rings. The predicted molar refractivity (Wildman–Crippen MR) is 94.9 cm³/mol. The number of anilines is 1. The van der Waals surface area contributed by atoms with Gasteiger partial charge in [0.05, 0.1) is 12.5 Å². The Hall–Kier alpha value is -1.71. The Bertz CT molecular complexity index is 740. The number of amides is 1. The molecule has 2 aromatic carbocycles. The van der Waals surface area contributed by atoms with Gasteiger partial charge in [0, 0.05) is 22.3 Å². The highest BCUT2D eigenvalue weighted by molar-refractivity contribution is 6.36. The van der Waals surface area contributed by atoms with Crippen molar-refractivity contribution in [3.05, 3.63) is 63.1 Å². The fraction of sp³-hybridized carbons (Fsp3) is 0.278. The van der Waals surface area contributed by atoms with Crippen molar-refractivity contribution < 1.29 is 4.79 Å². The molecule has 1 aliphatic heterocycles. The SMILES string of the molecule is C[C@H]1c2cccc(N)c2CCN1C(=O)Cc1c(Cl)cccc1Cl. The highest BCUT2D eigenvalue weighted by Gasteiger charge is 2.29. The van der Waals surface area contributed by atoms with Crippen LogP contribution >= 0.6 is 23.2 Å². The molecule has 3 nitrogen and oxygen atoms in total. The van der Waals surface area contributed by atoms with E-state index in [-0.39, 0.29) is 18.4 Å². The molecule has 0 aliphatic carbocycles. The van der Waals surface area contributed by atoms with Crippen LogP contribution in [0.5, 0.6) is 0 Å². The molecule has 0 radical (unpaired) electrons. The Morgan fingerprint density at radius 2 is 1.87 bits per heavy atom. The summed E-state index contributed by atoms with van der Waals surface area (Å²) >= 11 is 12.4. The second-order valence-electron chi connectivity index (χ2n) is 5.81. The molecule has 23 heavy (non-hydrogen) atoms. The van der Waals surface area contributed by atoms with Gasteiger partial charge < -0.3 is 10.6 Å². The molecule has 0 saturated carbocycles. The smallest absolute Gasteiger partial charge is 0.227 e. The number of fused-ring (bicyclic) bond motifs is 1. The summed E-state index contributed by atoms with van der Waals surface area (Å²) in [6.45, 7) is 2.69. The first-order chi connectivity index (χ1) is 11.0. The Morgan fingerprint density at radius 3 is 2.57 bits per heavy atom. The van der Waals surface area contributed by atoms with Crippen LogP contribution in [0.15, 0.2) is 36.4 Å². The van der Waals surface area contributed by atoms with E-state index in [0.29, 0.717) is 22.2 Å². The summed E-state index contributed by atoms with van der Waals surface area (Å²) in [5.41, 5.74) is 9.81. The van der Waals surface area contributed by atoms with Crippen LogP contribution in [0.3, 0.4) is 0 Å². The zero-order chi connectivity index (χ0) is 16.6. The van der Waals surface area contributed by atoms with E-state index in [1.165, 1.54) is 0 Å². The number of benzene rings is 2. The molecule has 0 saturated heterocycles. The van der Waals surface area contributed by atoms with Crippen LogP contribution in [0.25, 0.3) is 0 Å². The number of rotatable bonds is 2. The summed E-state index contributed by atoms with van der Waals surface area (Å²) in [7, 11) is 0. The molecule has 3 rings (SSSR count). The van der Waals surface area contributed by atoms with E-state index in [9.17, 15) is 4.79 Å². The van der Waals surface area contributed by atoms with Crippen LogP contribution < -0.4 is 5.73 Å². The minimum absolute atomic E-state index is 0.00369. The first kappa shape index (κ1) is 16.2. The van der Waals surface area contributed by atoms with Crippen LogP contribution in [-0.4, -0.2) is 17.4 Å². The maximum atomic E-state index is 12.8. The summed E-state index contributed by atoms with van der Waals surface area (Å²) in [5, 5.41) is 1.06. The van der Waals surface area contributed by atoms with E-state index in [1.54, 1.807) is 18.2 Å². The molecule has 0 bridgehead atoms. The number of hydrogen-bond acceptors (Lipinski definition) is 2. The third-order valence-corrected chi connectivity index (χ3v) is 5.19. The number of carbonyl (C=O) groups is 1. The highest BCUT2D eigenvalue weighted by atomic mass is 35.5. The monoisotopic (exact) mass is 348 g/mol. The minimum Gasteiger partial charge on any atom is -0.398 e. The number of nitrogens with zero attached hydrogens (tertiary/aromatic N) is 1. The topological polar surface area (TPSA) is 46.3 Å². The number of carbonyl (C=O) groups excluding carboxylic acids is 1. The van der Waals surface area contributed by atoms with E-state index in [2.05, 4.69) is 0 Å². The summed E-state index contributed by atoms with van der Waals surface area (Å²) in [6, 6.07) is 11.2. The van der Waals surface area contributed by atoms with E-state index >= 15 is 0 Å². The largest absolute Gasteiger partial charge is 0.398 e. The van der Waals surface area contributed by atoms with E-state index in [1.807, 2.05) is 30.0 Å². The van der Waals surface area contributed by atoms with Crippen molar-refractivity contribution in [3.8, 4) is 0 Å². The second-order valence-corrected chi connectivity index (χ2v) is 6.62. The number of hydrogen-bond donors (Lipinski definition) is 1. The third-order valence-electron chi connectivity index (χ3n) is 4.48. The molecule has 2 aromatic rings. The van der Waals surface area contributed by atoms with Gasteiger partial charge in [-0.2, -0.15) is 0 Å². The Morgan fingerprint density at radius 1 is 1.22 bits per heavy atom. The van der Waals surface area contributed by atoms with Gasteiger partial charge in [0.25, 0.3) is 0 Å². The molecule has 2 N–H and O–H groups in total. The molecule has 1 heterocycles. The molecule has 0 spiro atoms. The van der Waals surface area contributed by atoms with Gasteiger partial charge in [-0.1, -0.05) is 41.4 Å². The van der Waals surface area contributed by atoms with Crippen molar-refractivity contribution in [2.45, 2.75) is 25.8 Å². The van der Waals surface area contributed by atoms with Gasteiger partial charge in [0.2, 0.25) is 5.91 Å². The second kappa shape index (κ2) is 6.42. The van der Waals surface area contributed by atoms with Crippen LogP contribution in [-0.2, 0) is 17.6 Å². The zero-order valence-electron chi connectivity index (χ0n) is 12.9. The van der Waals surface area contributed by atoms with Gasteiger partial charge in [-0.05, 0) is 48.2 Å². The van der Waals surface area contributed by atoms with E-state index in [0.717, 1.165) is 23.2 Å². The Kier molecular flexibility index (Phi) is 4.51. The van der Waals surface area contributed by atoms with Crippen molar-refractivity contribution in [2.75, 3.05) is 12.3 Å². The molecule has 0 fully saturated rings. The van der Waals surface area contributed by atoms with Gasteiger partial charge in [-0.15, -0.1) is 0 Å². The lowest BCUT2D eigenvalue weighted by atomic mass is 9.92. The van der Waals surface area contributed by atoms with E-state index in [4.69, 9.17) is 28.9 Å². The van der Waals surface area contributed by atoms with Gasteiger partial charge in [0.1, 0.15) is 0 Å². The molecule has 1 atom stereocenters. The quantitative estimate of drug-likeness (QED) is 0.824. The van der Waals surface area contributed by atoms with Crippen molar-refractivity contribution in [1.29, 1.82) is 0 Å². The normalized spacial score (nSPS) is 17.0. The maximum Gasteiger partial charge on any atom is 0.227 e. The number of nitrogen functional groups attached to an aromatic ring is 1. The molecule has 120 valence electrons. The zero-order valence-corrected chi connectivity index (χ0v) is 14.4. The molecule has 1 amide bonds. The summed E-state index contributed by atoms with van der Waals surface area (Å²) in [5.74, 6) is 0.0283. The average Bonchev–Trinajstić information content (AvgIpc) is 2.52. The highest BCUT2D eigenvalue weighted by Crippen LogP contribution is 2.33. The van der Waals surface area contributed by atoms with Gasteiger partial charge in [-0.3, -0.25) is 4.79 Å². The molecular formula is C18H18Cl2N2O. The van der Waals surface area contributed by atoms with Crippen molar-refractivity contribution in [1.82, 2.24) is 4.90 Å². The minimum atomic E-state index is -0.00369. The third kappa shape index (κ3) is 3.04. The first-order valence-electron chi connectivity index (χ1n) is 7.58. The van der Waals surface area contributed by atoms with Crippen LogP contribution in [0.2, 0.25) is 10.0 Å². The summed E-state index contributed by atoms with van der Waals surface area (Å²) < 4.78 is 0. The summed E-state index contributed by atoms with van der Waals surface area (Å²) in [4.78, 5) is 14.6. The van der Waals surface area contributed by atoms with Crippen molar-refractivity contribution in [2.24, 2.45) is 0 Å².